The Balaban J connectivity index is 1.87. The minimum absolute atomic E-state index is 1.11. The highest BCUT2D eigenvalue weighted by Gasteiger charge is 2.00. The van der Waals surface area contributed by atoms with Gasteiger partial charge in [0.2, 0.25) is 0 Å². The molecule has 138 valence electrons. The first-order valence-corrected chi connectivity index (χ1v) is 10.4. The van der Waals surface area contributed by atoms with Gasteiger partial charge in [0.1, 0.15) is 0 Å². The van der Waals surface area contributed by atoms with Gasteiger partial charge in [-0.1, -0.05) is 106 Å². The van der Waals surface area contributed by atoms with Gasteiger partial charge in [-0.25, -0.2) is 0 Å². The number of hydrogen-bond acceptors (Lipinski definition) is 0. The summed E-state index contributed by atoms with van der Waals surface area (Å²) in [6.07, 6.45) is 15.1. The van der Waals surface area contributed by atoms with Gasteiger partial charge in [-0.15, -0.1) is 5.73 Å². The third kappa shape index (κ3) is 8.88. The van der Waals surface area contributed by atoms with E-state index in [0.29, 0.717) is 0 Å². The predicted octanol–water partition coefficient (Wildman–Crippen LogP) is 8.00. The lowest BCUT2D eigenvalue weighted by molar-refractivity contribution is 0.585. The Bertz CT molecular complexity index is 645. The molecule has 0 radical (unpaired) electrons. The van der Waals surface area contributed by atoms with Crippen molar-refractivity contribution in [3.8, 4) is 0 Å². The van der Waals surface area contributed by atoms with Gasteiger partial charge in [-0.05, 0) is 48.5 Å². The van der Waals surface area contributed by atoms with Gasteiger partial charge in [-0.3, -0.25) is 0 Å². The summed E-state index contributed by atoms with van der Waals surface area (Å²) in [4.78, 5) is 0. The van der Waals surface area contributed by atoms with Crippen LogP contribution in [0, 0.1) is 0 Å². The molecule has 0 unspecified atom stereocenters. The van der Waals surface area contributed by atoms with Crippen LogP contribution < -0.4 is 0 Å². The van der Waals surface area contributed by atoms with Crippen LogP contribution >= 0.6 is 0 Å². The first kappa shape index (κ1) is 20.3. The van der Waals surface area contributed by atoms with Crippen molar-refractivity contribution in [3.05, 3.63) is 83.1 Å². The van der Waals surface area contributed by atoms with Crippen LogP contribution in [0.15, 0.2) is 72.0 Å². The highest BCUT2D eigenvalue weighted by atomic mass is 14.0. The average Bonchev–Trinajstić information content (AvgIpc) is 2.70. The van der Waals surface area contributed by atoms with Crippen molar-refractivity contribution in [2.24, 2.45) is 0 Å². The molecule has 0 aliphatic carbocycles. The molecule has 2 aromatic rings. The summed E-state index contributed by atoms with van der Waals surface area (Å²) in [6.45, 7) is 2.28. The maximum atomic E-state index is 3.61. The standard InChI is InChI=1S/C26H34/c1-2-3-4-5-6-7-10-19-26(22-20-24-15-11-8-12-16-24)23-21-25-17-13-9-14-18-25/h8-9,11-18,20H,2-7,10,19,21,23H2,1H3. The molecule has 0 atom stereocenters. The zero-order chi connectivity index (χ0) is 18.3. The molecule has 0 saturated carbocycles. The van der Waals surface area contributed by atoms with Crippen molar-refractivity contribution in [2.75, 3.05) is 0 Å². The molecule has 2 aromatic carbocycles. The van der Waals surface area contributed by atoms with E-state index in [2.05, 4.69) is 79.4 Å². The Morgan fingerprint density at radius 3 is 2.04 bits per heavy atom. The van der Waals surface area contributed by atoms with E-state index in [1.54, 1.807) is 0 Å². The molecule has 0 heterocycles. The number of benzene rings is 2. The predicted molar refractivity (Wildman–Crippen MR) is 115 cm³/mol. The summed E-state index contributed by atoms with van der Waals surface area (Å²) in [5.74, 6) is 0. The molecule has 0 fully saturated rings. The Labute approximate surface area is 160 Å². The van der Waals surface area contributed by atoms with Gasteiger partial charge < -0.3 is 0 Å². The third-order valence-electron chi connectivity index (χ3n) is 4.88. The lowest BCUT2D eigenvalue weighted by Crippen LogP contribution is -1.90. The summed E-state index contributed by atoms with van der Waals surface area (Å²) in [5.41, 5.74) is 7.74. The van der Waals surface area contributed by atoms with Crippen LogP contribution in [0.2, 0.25) is 0 Å². The van der Waals surface area contributed by atoms with Crippen molar-refractivity contribution in [2.45, 2.75) is 71.1 Å². The van der Waals surface area contributed by atoms with Gasteiger partial charge in [0.05, 0.1) is 0 Å². The fourth-order valence-electron chi connectivity index (χ4n) is 3.24. The van der Waals surface area contributed by atoms with Gasteiger partial charge in [0.15, 0.2) is 0 Å². The molecule has 0 aromatic heterocycles. The summed E-state index contributed by atoms with van der Waals surface area (Å²) in [5, 5.41) is 0. The molecular formula is C26H34. The Kier molecular flexibility index (Phi) is 10.3. The van der Waals surface area contributed by atoms with Crippen LogP contribution in [0.5, 0.6) is 0 Å². The summed E-state index contributed by atoms with van der Waals surface area (Å²) < 4.78 is 0. The second-order valence-electron chi connectivity index (χ2n) is 7.16. The van der Waals surface area contributed by atoms with Crippen molar-refractivity contribution < 1.29 is 0 Å². The highest BCUT2D eigenvalue weighted by Crippen LogP contribution is 2.17. The topological polar surface area (TPSA) is 0 Å². The fraction of sp³-hybridized carbons (Fsp3) is 0.423. The molecule has 0 amide bonds. The number of rotatable bonds is 12. The Morgan fingerprint density at radius 1 is 0.731 bits per heavy atom. The molecule has 0 aliphatic rings. The Morgan fingerprint density at radius 2 is 1.35 bits per heavy atom. The maximum Gasteiger partial charge on any atom is -0.0128 e. The minimum atomic E-state index is 1.11. The second kappa shape index (κ2) is 13.2. The highest BCUT2D eigenvalue weighted by molar-refractivity contribution is 5.48. The monoisotopic (exact) mass is 346 g/mol. The zero-order valence-corrected chi connectivity index (χ0v) is 16.4. The fourth-order valence-corrected chi connectivity index (χ4v) is 3.24. The SMILES string of the molecule is CCCCCCCCCC(=C=Cc1ccccc1)CCc1ccccc1. The molecule has 2 rings (SSSR count). The number of hydrogen-bond donors (Lipinski definition) is 0. The number of allylic oxidation sites excluding steroid dienone is 1. The lowest BCUT2D eigenvalue weighted by atomic mass is 9.99. The quantitative estimate of drug-likeness (QED) is 0.270. The molecule has 0 aliphatic heterocycles. The van der Waals surface area contributed by atoms with Gasteiger partial charge in [-0.2, -0.15) is 0 Å². The molecule has 0 heteroatoms. The van der Waals surface area contributed by atoms with E-state index in [9.17, 15) is 0 Å². The van der Waals surface area contributed by atoms with Gasteiger partial charge in [0.25, 0.3) is 0 Å². The normalized spacial score (nSPS) is 10.3. The van der Waals surface area contributed by atoms with Crippen LogP contribution in [0.4, 0.5) is 0 Å². The average molecular weight is 347 g/mol. The van der Waals surface area contributed by atoms with Crippen molar-refractivity contribution in [3.63, 3.8) is 0 Å². The van der Waals surface area contributed by atoms with Crippen LogP contribution in [0.3, 0.4) is 0 Å². The van der Waals surface area contributed by atoms with E-state index >= 15 is 0 Å². The number of unbranched alkanes of at least 4 members (excludes halogenated alkanes) is 6. The third-order valence-corrected chi connectivity index (χ3v) is 4.88. The number of aryl methyl sites for hydroxylation is 1. The first-order valence-electron chi connectivity index (χ1n) is 10.4. The van der Waals surface area contributed by atoms with E-state index in [0.717, 1.165) is 12.8 Å². The summed E-state index contributed by atoms with van der Waals surface area (Å²) in [6, 6.07) is 21.4. The summed E-state index contributed by atoms with van der Waals surface area (Å²) >= 11 is 0. The largest absolute Gasteiger partial charge is 0.121 e. The molecule has 0 bridgehead atoms. The molecular weight excluding hydrogens is 312 g/mol. The van der Waals surface area contributed by atoms with E-state index in [1.165, 1.54) is 68.1 Å². The van der Waals surface area contributed by atoms with Crippen molar-refractivity contribution in [1.82, 2.24) is 0 Å². The molecule has 0 saturated heterocycles. The molecule has 0 nitrogen and oxygen atoms in total. The second-order valence-corrected chi connectivity index (χ2v) is 7.16. The molecule has 26 heavy (non-hydrogen) atoms. The van der Waals surface area contributed by atoms with Crippen molar-refractivity contribution in [1.29, 1.82) is 0 Å². The lowest BCUT2D eigenvalue weighted by Gasteiger charge is -2.06. The molecule has 0 N–H and O–H groups in total. The van der Waals surface area contributed by atoms with Crippen LogP contribution in [0.25, 0.3) is 6.08 Å². The van der Waals surface area contributed by atoms with E-state index in [-0.39, 0.29) is 0 Å². The zero-order valence-electron chi connectivity index (χ0n) is 16.4. The molecule has 0 spiro atoms. The van der Waals surface area contributed by atoms with Crippen LogP contribution in [0.1, 0.15) is 75.8 Å². The maximum absolute atomic E-state index is 3.61. The van der Waals surface area contributed by atoms with Crippen LogP contribution in [-0.2, 0) is 6.42 Å². The van der Waals surface area contributed by atoms with E-state index < -0.39 is 0 Å². The van der Waals surface area contributed by atoms with Gasteiger partial charge >= 0.3 is 0 Å². The smallest absolute Gasteiger partial charge is 0.0128 e. The Hall–Kier alpha value is -2.04. The van der Waals surface area contributed by atoms with Crippen LogP contribution in [-0.4, -0.2) is 0 Å². The van der Waals surface area contributed by atoms with E-state index in [4.69, 9.17) is 0 Å². The summed E-state index contributed by atoms with van der Waals surface area (Å²) in [7, 11) is 0. The van der Waals surface area contributed by atoms with Crippen molar-refractivity contribution >= 4 is 6.08 Å². The minimum Gasteiger partial charge on any atom is -0.121 e. The van der Waals surface area contributed by atoms with Gasteiger partial charge in [0, 0.05) is 0 Å². The van der Waals surface area contributed by atoms with E-state index in [1.807, 2.05) is 0 Å². The first-order chi connectivity index (χ1) is 12.9.